The molecule has 2 aliphatic heterocycles. The number of nitrogens with zero attached hydrogens (tertiary/aromatic N) is 2. The minimum Gasteiger partial charge on any atom is -0.337 e. The van der Waals surface area contributed by atoms with E-state index in [1.807, 2.05) is 31.2 Å². The molecule has 3 atom stereocenters. The lowest BCUT2D eigenvalue weighted by Crippen LogP contribution is -2.50. The minimum atomic E-state index is -0.323. The smallest absolute Gasteiger partial charge is 0.322 e. The number of carbonyl (C=O) groups excluding carboxylic acids is 2. The summed E-state index contributed by atoms with van der Waals surface area (Å²) in [5.41, 5.74) is 2.39. The average molecular weight is 384 g/mol. The molecule has 2 bridgehead atoms. The van der Waals surface area contributed by atoms with Gasteiger partial charge in [-0.15, -0.1) is 0 Å². The summed E-state index contributed by atoms with van der Waals surface area (Å²) in [6, 6.07) is 7.63. The van der Waals surface area contributed by atoms with Crippen LogP contribution in [0.3, 0.4) is 0 Å². The molecule has 5 nitrogen and oxygen atoms in total. The molecule has 3 unspecified atom stereocenters. The third-order valence-corrected chi connectivity index (χ3v) is 6.77. The van der Waals surface area contributed by atoms with Crippen molar-refractivity contribution in [1.29, 1.82) is 0 Å². The van der Waals surface area contributed by atoms with E-state index in [0.29, 0.717) is 12.6 Å². The lowest BCUT2D eigenvalue weighted by Gasteiger charge is -2.39. The highest BCUT2D eigenvalue weighted by molar-refractivity contribution is 5.94. The van der Waals surface area contributed by atoms with E-state index in [4.69, 9.17) is 0 Å². The Balaban J connectivity index is 1.47. The van der Waals surface area contributed by atoms with Crippen LogP contribution in [-0.2, 0) is 4.79 Å². The van der Waals surface area contributed by atoms with Gasteiger partial charge in [0.1, 0.15) is 6.04 Å². The first kappa shape index (κ1) is 19.3. The van der Waals surface area contributed by atoms with Crippen LogP contribution in [0.2, 0.25) is 0 Å². The monoisotopic (exact) mass is 383 g/mol. The van der Waals surface area contributed by atoms with Crippen LogP contribution < -0.4 is 5.32 Å². The van der Waals surface area contributed by atoms with Crippen LogP contribution in [-0.4, -0.2) is 46.9 Å². The standard InChI is InChI=1S/C23H33N3O2/c1-16-7-5-8-17(11-16)24-21(28)25-10-6-9-19(25)20(27)26-15-23(4)13-18(26)12-22(2,3)14-23/h5,7-8,11,18-19H,6,9-10,12-15H2,1-4H3,(H,24,28). The molecule has 152 valence electrons. The van der Waals surface area contributed by atoms with Crippen molar-refractivity contribution in [3.8, 4) is 0 Å². The highest BCUT2D eigenvalue weighted by atomic mass is 16.2. The zero-order valence-corrected chi connectivity index (χ0v) is 17.6. The molecular formula is C23H33N3O2. The van der Waals surface area contributed by atoms with Crippen LogP contribution in [0.5, 0.6) is 0 Å². The maximum absolute atomic E-state index is 13.5. The summed E-state index contributed by atoms with van der Waals surface area (Å²) < 4.78 is 0. The van der Waals surface area contributed by atoms with Crippen molar-refractivity contribution in [1.82, 2.24) is 9.80 Å². The summed E-state index contributed by atoms with van der Waals surface area (Å²) in [5, 5.41) is 2.98. The van der Waals surface area contributed by atoms with E-state index in [2.05, 4.69) is 31.0 Å². The van der Waals surface area contributed by atoms with E-state index in [9.17, 15) is 9.59 Å². The predicted octanol–water partition coefficient (Wildman–Crippen LogP) is 4.42. The van der Waals surface area contributed by atoms with Crippen LogP contribution in [0.4, 0.5) is 10.5 Å². The molecule has 4 rings (SSSR count). The number of hydrogen-bond acceptors (Lipinski definition) is 2. The van der Waals surface area contributed by atoms with E-state index < -0.39 is 0 Å². The summed E-state index contributed by atoms with van der Waals surface area (Å²) in [5.74, 6) is 0.156. The average Bonchev–Trinajstić information content (AvgIpc) is 3.16. The number of anilines is 1. The lowest BCUT2D eigenvalue weighted by atomic mass is 9.65. The van der Waals surface area contributed by atoms with Gasteiger partial charge >= 0.3 is 6.03 Å². The molecule has 1 N–H and O–H groups in total. The number of rotatable bonds is 2. The predicted molar refractivity (Wildman–Crippen MR) is 111 cm³/mol. The number of likely N-dealkylation sites (tertiary alicyclic amines) is 2. The Morgan fingerprint density at radius 3 is 2.68 bits per heavy atom. The molecule has 5 heteroatoms. The third kappa shape index (κ3) is 3.63. The van der Waals surface area contributed by atoms with Gasteiger partial charge < -0.3 is 15.1 Å². The molecule has 1 saturated carbocycles. The summed E-state index contributed by atoms with van der Waals surface area (Å²) in [6.45, 7) is 10.5. The number of aryl methyl sites for hydroxylation is 1. The Kier molecular flexibility index (Phi) is 4.67. The van der Waals surface area contributed by atoms with E-state index in [-0.39, 0.29) is 28.8 Å². The van der Waals surface area contributed by atoms with Gasteiger partial charge in [0, 0.05) is 24.8 Å². The molecule has 2 saturated heterocycles. The largest absolute Gasteiger partial charge is 0.337 e. The number of nitrogens with one attached hydrogen (secondary N) is 1. The number of hydrogen-bond donors (Lipinski definition) is 1. The molecule has 0 radical (unpaired) electrons. The fourth-order valence-electron chi connectivity index (χ4n) is 6.09. The Morgan fingerprint density at radius 2 is 1.93 bits per heavy atom. The Bertz CT molecular complexity index is 790. The minimum absolute atomic E-state index is 0.156. The van der Waals surface area contributed by atoms with Gasteiger partial charge in [0.05, 0.1) is 0 Å². The van der Waals surface area contributed by atoms with E-state index in [0.717, 1.165) is 43.5 Å². The first-order chi connectivity index (χ1) is 13.2. The number of amides is 3. The molecule has 1 aromatic carbocycles. The summed E-state index contributed by atoms with van der Waals surface area (Å²) in [6.07, 6.45) is 4.99. The molecule has 1 aromatic rings. The highest BCUT2D eigenvalue weighted by Crippen LogP contribution is 2.52. The van der Waals surface area contributed by atoms with Crippen molar-refractivity contribution in [3.63, 3.8) is 0 Å². The molecular weight excluding hydrogens is 350 g/mol. The maximum Gasteiger partial charge on any atom is 0.322 e. The summed E-state index contributed by atoms with van der Waals surface area (Å²) in [7, 11) is 0. The second kappa shape index (κ2) is 6.78. The number of urea groups is 1. The summed E-state index contributed by atoms with van der Waals surface area (Å²) in [4.78, 5) is 30.2. The second-order valence-electron chi connectivity index (χ2n) is 10.3. The van der Waals surface area contributed by atoms with Gasteiger partial charge in [0.15, 0.2) is 0 Å². The van der Waals surface area contributed by atoms with Gasteiger partial charge in [-0.05, 0) is 67.6 Å². The first-order valence-corrected chi connectivity index (χ1v) is 10.6. The van der Waals surface area contributed by atoms with Gasteiger partial charge in [-0.2, -0.15) is 0 Å². The topological polar surface area (TPSA) is 52.7 Å². The van der Waals surface area contributed by atoms with Gasteiger partial charge in [0.2, 0.25) is 5.91 Å². The first-order valence-electron chi connectivity index (χ1n) is 10.6. The molecule has 3 amide bonds. The van der Waals surface area contributed by atoms with Crippen LogP contribution in [0.25, 0.3) is 0 Å². The number of fused-ring (bicyclic) bond motifs is 2. The maximum atomic E-state index is 13.5. The van der Waals surface area contributed by atoms with Gasteiger partial charge in [-0.1, -0.05) is 32.9 Å². The van der Waals surface area contributed by atoms with E-state index >= 15 is 0 Å². The molecule has 1 aliphatic carbocycles. The van der Waals surface area contributed by atoms with Crippen molar-refractivity contribution in [3.05, 3.63) is 29.8 Å². The van der Waals surface area contributed by atoms with E-state index in [1.54, 1.807) is 4.90 Å². The van der Waals surface area contributed by atoms with Crippen LogP contribution in [0, 0.1) is 17.8 Å². The van der Waals surface area contributed by atoms with E-state index in [1.165, 1.54) is 6.42 Å². The SMILES string of the molecule is Cc1cccc(NC(=O)N2CCCC2C(=O)N2CC3(C)CC2CC(C)(C)C3)c1. The van der Waals surface area contributed by atoms with Crippen LogP contribution in [0.1, 0.15) is 58.4 Å². The molecule has 3 fully saturated rings. The van der Waals surface area contributed by atoms with Crippen molar-refractivity contribution in [2.75, 3.05) is 18.4 Å². The fraction of sp³-hybridized carbons (Fsp3) is 0.652. The van der Waals surface area contributed by atoms with Crippen molar-refractivity contribution >= 4 is 17.6 Å². The quantitative estimate of drug-likeness (QED) is 0.822. The normalized spacial score (nSPS) is 31.1. The Hall–Kier alpha value is -2.04. The molecule has 2 heterocycles. The van der Waals surface area contributed by atoms with Gasteiger partial charge in [0.25, 0.3) is 0 Å². The zero-order valence-electron chi connectivity index (χ0n) is 17.6. The molecule has 28 heavy (non-hydrogen) atoms. The zero-order chi connectivity index (χ0) is 20.1. The van der Waals surface area contributed by atoms with Gasteiger partial charge in [-0.25, -0.2) is 4.79 Å². The highest BCUT2D eigenvalue weighted by Gasteiger charge is 2.52. The fourth-order valence-corrected chi connectivity index (χ4v) is 6.09. The van der Waals surface area contributed by atoms with Crippen LogP contribution >= 0.6 is 0 Å². The van der Waals surface area contributed by atoms with Crippen molar-refractivity contribution in [2.24, 2.45) is 10.8 Å². The van der Waals surface area contributed by atoms with Gasteiger partial charge in [-0.3, -0.25) is 4.79 Å². The Labute approximate surface area is 168 Å². The van der Waals surface area contributed by atoms with Crippen LogP contribution in [0.15, 0.2) is 24.3 Å². The second-order valence-corrected chi connectivity index (χ2v) is 10.3. The molecule has 3 aliphatic rings. The van der Waals surface area contributed by atoms with Crippen molar-refractivity contribution in [2.45, 2.75) is 71.9 Å². The van der Waals surface area contributed by atoms with Crippen molar-refractivity contribution < 1.29 is 9.59 Å². The lowest BCUT2D eigenvalue weighted by molar-refractivity contribution is -0.136. The molecule has 0 spiro atoms. The Morgan fingerprint density at radius 1 is 1.14 bits per heavy atom. The number of carbonyl (C=O) groups is 2. The molecule has 0 aromatic heterocycles. The number of benzene rings is 1. The summed E-state index contributed by atoms with van der Waals surface area (Å²) >= 11 is 0. The third-order valence-electron chi connectivity index (χ3n) is 6.77.